The summed E-state index contributed by atoms with van der Waals surface area (Å²) in [5.41, 5.74) is 7.13. The maximum Gasteiger partial charge on any atom is 0.138 e. The van der Waals surface area contributed by atoms with Crippen molar-refractivity contribution in [3.8, 4) is 44.9 Å². The third-order valence-electron chi connectivity index (χ3n) is 7.28. The Morgan fingerprint density at radius 3 is 1.95 bits per heavy atom. The molecular weight excluding hydrogens is 476 g/mol. The fourth-order valence-corrected chi connectivity index (χ4v) is 5.54. The molecule has 0 saturated carbocycles. The molecule has 7 rings (SSSR count). The number of nitrogens with zero attached hydrogens (tertiary/aromatic N) is 2. The van der Waals surface area contributed by atoms with Gasteiger partial charge in [0.05, 0.1) is 11.0 Å². The maximum atomic E-state index is 10.4. The largest absolute Gasteiger partial charge is 0.508 e. The van der Waals surface area contributed by atoms with Gasteiger partial charge in [-0.3, -0.25) is 4.57 Å². The van der Waals surface area contributed by atoms with E-state index in [-0.39, 0.29) is 11.3 Å². The zero-order valence-electron chi connectivity index (χ0n) is 24.0. The van der Waals surface area contributed by atoms with Crippen molar-refractivity contribution >= 4 is 21.8 Å². The molecule has 0 fully saturated rings. The van der Waals surface area contributed by atoms with Crippen LogP contribution in [0.3, 0.4) is 0 Å². The molecule has 186 valence electrons. The number of hydrogen-bond acceptors (Lipinski definition) is 2. The summed E-state index contributed by atoms with van der Waals surface area (Å²) in [4.78, 5) is 4.73. The lowest BCUT2D eigenvalue weighted by Gasteiger charge is -2.19. The number of rotatable bonds is 4. The Morgan fingerprint density at radius 2 is 1.26 bits per heavy atom. The summed E-state index contributed by atoms with van der Waals surface area (Å²) in [5.74, 6) is 0.711. The van der Waals surface area contributed by atoms with Crippen molar-refractivity contribution in [3.63, 3.8) is 0 Å². The minimum Gasteiger partial charge on any atom is -0.508 e. The van der Waals surface area contributed by atoms with Gasteiger partial charge in [-0.2, -0.15) is 0 Å². The number of pyridine rings is 1. The van der Waals surface area contributed by atoms with Gasteiger partial charge in [-0.1, -0.05) is 97.1 Å². The van der Waals surface area contributed by atoms with Crippen LogP contribution in [0.5, 0.6) is 5.75 Å². The predicted molar refractivity (Wildman–Crippen MR) is 161 cm³/mol. The molecule has 0 atom stereocenters. The van der Waals surface area contributed by atoms with Gasteiger partial charge in [0.2, 0.25) is 0 Å². The van der Waals surface area contributed by atoms with Crippen LogP contribution in [0.15, 0.2) is 134 Å². The Hall–Kier alpha value is -5.15. The van der Waals surface area contributed by atoms with Gasteiger partial charge >= 0.3 is 0 Å². The van der Waals surface area contributed by atoms with Crippen molar-refractivity contribution in [1.29, 1.82) is 0 Å². The van der Waals surface area contributed by atoms with Crippen molar-refractivity contribution < 1.29 is 9.22 Å². The SMILES string of the molecule is [2H]C([2H])([2H])c1cnc(-n2c3ccccc3c3ccc(O)cc32)cc1-c1c(-c2ccccc2)cccc1-c1ccccc1. The second kappa shape index (κ2) is 9.30. The van der Waals surface area contributed by atoms with Crippen molar-refractivity contribution in [2.24, 2.45) is 0 Å². The van der Waals surface area contributed by atoms with Gasteiger partial charge in [-0.15, -0.1) is 0 Å². The van der Waals surface area contributed by atoms with Gasteiger partial charge < -0.3 is 5.11 Å². The van der Waals surface area contributed by atoms with Gasteiger partial charge in [0.15, 0.2) is 0 Å². The molecule has 0 spiro atoms. The fourth-order valence-electron chi connectivity index (χ4n) is 5.54. The summed E-state index contributed by atoms with van der Waals surface area (Å²) < 4.78 is 27.5. The van der Waals surface area contributed by atoms with Crippen LogP contribution in [0.25, 0.3) is 61.0 Å². The maximum absolute atomic E-state index is 10.4. The quantitative estimate of drug-likeness (QED) is 0.259. The monoisotopic (exact) mass is 505 g/mol. The minimum atomic E-state index is -2.41. The molecule has 3 nitrogen and oxygen atoms in total. The molecule has 0 radical (unpaired) electrons. The molecule has 0 aliphatic carbocycles. The summed E-state index contributed by atoms with van der Waals surface area (Å²) in [5, 5.41) is 12.4. The van der Waals surface area contributed by atoms with E-state index in [0.717, 1.165) is 49.6 Å². The summed E-state index contributed by atoms with van der Waals surface area (Å²) in [6, 6.07) is 41.4. The van der Waals surface area contributed by atoms with Crippen LogP contribution in [0.1, 0.15) is 9.68 Å². The number of phenols is 1. The number of phenolic OH excluding ortho intramolecular Hbond substituents is 1. The first-order valence-electron chi connectivity index (χ1n) is 14.4. The second-order valence-electron chi connectivity index (χ2n) is 9.60. The van der Waals surface area contributed by atoms with E-state index in [1.165, 1.54) is 6.20 Å². The van der Waals surface area contributed by atoms with Crippen LogP contribution in [0.2, 0.25) is 0 Å². The summed E-state index contributed by atoms with van der Waals surface area (Å²) in [6.45, 7) is -2.41. The summed E-state index contributed by atoms with van der Waals surface area (Å²) in [7, 11) is 0. The van der Waals surface area contributed by atoms with Crippen molar-refractivity contribution in [1.82, 2.24) is 9.55 Å². The Kier molecular flexibility index (Phi) is 4.75. The van der Waals surface area contributed by atoms with Crippen LogP contribution >= 0.6 is 0 Å². The summed E-state index contributed by atoms with van der Waals surface area (Å²) in [6.07, 6.45) is 1.48. The number of benzene rings is 5. The smallest absolute Gasteiger partial charge is 0.138 e. The molecule has 0 saturated heterocycles. The van der Waals surface area contributed by atoms with E-state index < -0.39 is 6.85 Å². The normalized spacial score (nSPS) is 12.8. The molecule has 39 heavy (non-hydrogen) atoms. The first-order valence-corrected chi connectivity index (χ1v) is 12.9. The van der Waals surface area contributed by atoms with Gasteiger partial charge in [0, 0.05) is 27.1 Å². The van der Waals surface area contributed by atoms with Gasteiger partial charge in [0.25, 0.3) is 0 Å². The number of aryl methyl sites for hydroxylation is 1. The second-order valence-corrected chi connectivity index (χ2v) is 9.60. The van der Waals surface area contributed by atoms with Crippen LogP contribution in [0.4, 0.5) is 0 Å². The Morgan fingerprint density at radius 1 is 0.615 bits per heavy atom. The standard InChI is InChI=1S/C36H26N2O/c1-24-23-37-35(38-33-18-9-8-15-30(33)31-20-19-27(39)21-34(31)38)22-32(24)36-28(25-11-4-2-5-12-25)16-10-17-29(36)26-13-6-3-7-14-26/h2-23,39H,1H3/i1D3. The minimum absolute atomic E-state index is 0.145. The lowest BCUT2D eigenvalue weighted by molar-refractivity contribution is 0.476. The van der Waals surface area contributed by atoms with E-state index >= 15 is 0 Å². The Bertz CT molecular complexity index is 2020. The van der Waals surface area contributed by atoms with Crippen LogP contribution in [0, 0.1) is 6.85 Å². The van der Waals surface area contributed by atoms with Crippen molar-refractivity contribution in [3.05, 3.63) is 139 Å². The lowest BCUT2D eigenvalue weighted by Crippen LogP contribution is -2.00. The van der Waals surface area contributed by atoms with E-state index in [9.17, 15) is 5.11 Å². The number of hydrogen-bond donors (Lipinski definition) is 1. The predicted octanol–water partition coefficient (Wildman–Crippen LogP) is 9.19. The molecule has 0 amide bonds. The van der Waals surface area contributed by atoms with Crippen molar-refractivity contribution in [2.75, 3.05) is 0 Å². The van der Waals surface area contributed by atoms with E-state index in [1.807, 2.05) is 120 Å². The zero-order chi connectivity index (χ0) is 28.8. The fraction of sp³-hybridized carbons (Fsp3) is 0.0278. The third-order valence-corrected chi connectivity index (χ3v) is 7.28. The molecule has 0 aliphatic rings. The van der Waals surface area contributed by atoms with Gasteiger partial charge in [0.1, 0.15) is 11.6 Å². The van der Waals surface area contributed by atoms with Crippen LogP contribution in [-0.4, -0.2) is 14.7 Å². The topological polar surface area (TPSA) is 38.0 Å². The molecule has 1 N–H and O–H groups in total. The molecule has 3 heteroatoms. The highest BCUT2D eigenvalue weighted by atomic mass is 16.3. The average molecular weight is 506 g/mol. The van der Waals surface area contributed by atoms with Crippen LogP contribution < -0.4 is 0 Å². The van der Waals surface area contributed by atoms with E-state index in [4.69, 9.17) is 9.10 Å². The van der Waals surface area contributed by atoms with E-state index in [2.05, 4.69) is 0 Å². The van der Waals surface area contributed by atoms with Crippen LogP contribution in [-0.2, 0) is 0 Å². The lowest BCUT2D eigenvalue weighted by atomic mass is 9.86. The molecule has 7 aromatic rings. The van der Waals surface area contributed by atoms with E-state index in [1.54, 1.807) is 12.1 Å². The average Bonchev–Trinajstić information content (AvgIpc) is 3.34. The number of fused-ring (bicyclic) bond motifs is 3. The molecular formula is C36H26N2O. The molecule has 2 heterocycles. The number of aromatic hydroxyl groups is 1. The Balaban J connectivity index is 1.60. The molecule has 5 aromatic carbocycles. The highest BCUT2D eigenvalue weighted by Crippen LogP contribution is 2.42. The van der Waals surface area contributed by atoms with Gasteiger partial charge in [-0.05, 0) is 70.1 Å². The Labute approximate surface area is 231 Å². The molecule has 0 unspecified atom stereocenters. The number of para-hydroxylation sites is 1. The molecule has 2 aromatic heterocycles. The first kappa shape index (κ1) is 19.9. The number of aromatic nitrogens is 2. The first-order chi connectivity index (χ1) is 20.4. The molecule has 0 aliphatic heterocycles. The summed E-state index contributed by atoms with van der Waals surface area (Å²) >= 11 is 0. The highest BCUT2D eigenvalue weighted by molar-refractivity contribution is 6.09. The van der Waals surface area contributed by atoms with Gasteiger partial charge in [-0.25, -0.2) is 4.98 Å². The third kappa shape index (κ3) is 3.87. The molecule has 0 bridgehead atoms. The van der Waals surface area contributed by atoms with E-state index in [0.29, 0.717) is 11.4 Å². The zero-order valence-corrected chi connectivity index (χ0v) is 21.0. The van der Waals surface area contributed by atoms with Crippen molar-refractivity contribution in [2.45, 2.75) is 6.85 Å². The highest BCUT2D eigenvalue weighted by Gasteiger charge is 2.19.